The lowest BCUT2D eigenvalue weighted by Gasteiger charge is -2.26. The van der Waals surface area contributed by atoms with E-state index in [0.29, 0.717) is 0 Å². The molecule has 0 saturated carbocycles. The molecule has 230 valence electrons. The Labute approximate surface area is 292 Å². The van der Waals surface area contributed by atoms with Crippen LogP contribution in [0.4, 0.5) is 17.1 Å². The van der Waals surface area contributed by atoms with Crippen LogP contribution in [0.5, 0.6) is 0 Å². The van der Waals surface area contributed by atoms with Crippen molar-refractivity contribution in [1.82, 2.24) is 4.98 Å². The van der Waals surface area contributed by atoms with Crippen LogP contribution in [0, 0.1) is 0 Å². The van der Waals surface area contributed by atoms with Gasteiger partial charge in [-0.05, 0) is 72.8 Å². The van der Waals surface area contributed by atoms with Gasteiger partial charge in [-0.3, -0.25) is 0 Å². The van der Waals surface area contributed by atoms with Crippen molar-refractivity contribution in [3.63, 3.8) is 0 Å². The molecule has 0 atom stereocenters. The van der Waals surface area contributed by atoms with E-state index in [1.165, 1.54) is 40.3 Å². The van der Waals surface area contributed by atoms with Crippen molar-refractivity contribution in [1.29, 1.82) is 0 Å². The first-order chi connectivity index (χ1) is 24.2. The molecule has 0 amide bonds. The molecule has 0 saturated heterocycles. The zero-order valence-electron chi connectivity index (χ0n) is 25.9. The lowest BCUT2D eigenvalue weighted by atomic mass is 10.1. The standard InChI is InChI=1S/C43H24N2OS3/c1-2-8-25(9-3-1)43-44-42-40(49-43)21-18-34-41(42)31-17-14-28(24-35(31)46-34)45(26-15-19-38-32(22-26)29-10-4-6-12-36(29)47-38)27-16-20-39-33(23-27)30-11-5-7-13-37(30)48-39/h1-24H. The smallest absolute Gasteiger partial charge is 0.137 e. The second-order valence-electron chi connectivity index (χ2n) is 12.3. The van der Waals surface area contributed by atoms with Crippen molar-refractivity contribution in [2.24, 2.45) is 0 Å². The molecule has 0 unspecified atom stereocenters. The van der Waals surface area contributed by atoms with Crippen molar-refractivity contribution in [3.05, 3.63) is 146 Å². The van der Waals surface area contributed by atoms with E-state index in [9.17, 15) is 0 Å². The molecule has 0 fully saturated rings. The van der Waals surface area contributed by atoms with Gasteiger partial charge in [0.15, 0.2) is 0 Å². The molecule has 0 aliphatic heterocycles. The third kappa shape index (κ3) is 4.21. The van der Waals surface area contributed by atoms with Crippen molar-refractivity contribution >= 4 is 124 Å². The number of aromatic nitrogens is 1. The average Bonchev–Trinajstić information content (AvgIpc) is 3.92. The Morgan fingerprint density at radius 1 is 0.429 bits per heavy atom. The summed E-state index contributed by atoms with van der Waals surface area (Å²) in [7, 11) is 0. The number of hydrogen-bond acceptors (Lipinski definition) is 6. The number of anilines is 3. The van der Waals surface area contributed by atoms with Gasteiger partial charge in [-0.1, -0.05) is 66.7 Å². The van der Waals surface area contributed by atoms with Crippen LogP contribution in [0.1, 0.15) is 0 Å². The molecule has 11 aromatic rings. The predicted molar refractivity (Wildman–Crippen MR) is 213 cm³/mol. The third-order valence-electron chi connectivity index (χ3n) is 9.49. The molecule has 0 aliphatic carbocycles. The van der Waals surface area contributed by atoms with Crippen molar-refractivity contribution in [2.45, 2.75) is 0 Å². The summed E-state index contributed by atoms with van der Waals surface area (Å²) in [4.78, 5) is 7.51. The fourth-order valence-electron chi connectivity index (χ4n) is 7.24. The summed E-state index contributed by atoms with van der Waals surface area (Å²) in [6, 6.07) is 52.4. The van der Waals surface area contributed by atoms with E-state index in [2.05, 4.69) is 144 Å². The second kappa shape index (κ2) is 10.5. The first kappa shape index (κ1) is 27.4. The highest BCUT2D eigenvalue weighted by Crippen LogP contribution is 2.45. The van der Waals surface area contributed by atoms with E-state index < -0.39 is 0 Å². The second-order valence-corrected chi connectivity index (χ2v) is 15.5. The van der Waals surface area contributed by atoms with E-state index >= 15 is 0 Å². The highest BCUT2D eigenvalue weighted by atomic mass is 32.1. The summed E-state index contributed by atoms with van der Waals surface area (Å²) in [6.45, 7) is 0. The first-order valence-electron chi connectivity index (χ1n) is 16.2. The molecule has 11 rings (SSSR count). The first-order valence-corrected chi connectivity index (χ1v) is 18.6. The summed E-state index contributed by atoms with van der Waals surface area (Å²) in [6.07, 6.45) is 0. The summed E-state index contributed by atoms with van der Waals surface area (Å²) in [5, 5.41) is 8.30. The van der Waals surface area contributed by atoms with Gasteiger partial charge in [0.1, 0.15) is 16.2 Å². The maximum absolute atomic E-state index is 6.61. The Morgan fingerprint density at radius 3 is 1.69 bits per heavy atom. The van der Waals surface area contributed by atoms with Crippen LogP contribution in [0.25, 0.3) is 83.1 Å². The number of thiophene rings is 2. The van der Waals surface area contributed by atoms with Crippen molar-refractivity contribution < 1.29 is 4.42 Å². The average molecular weight is 681 g/mol. The Kier molecular flexibility index (Phi) is 5.87. The van der Waals surface area contributed by atoms with E-state index in [1.54, 1.807) is 11.3 Å². The third-order valence-corrected chi connectivity index (χ3v) is 12.9. The molecular weight excluding hydrogens is 657 g/mol. The van der Waals surface area contributed by atoms with Gasteiger partial charge in [-0.2, -0.15) is 0 Å². The molecule has 0 N–H and O–H groups in total. The minimum absolute atomic E-state index is 0.850. The summed E-state index contributed by atoms with van der Waals surface area (Å²) >= 11 is 5.42. The lowest BCUT2D eigenvalue weighted by Crippen LogP contribution is -2.09. The molecule has 0 spiro atoms. The van der Waals surface area contributed by atoms with E-state index in [0.717, 1.165) is 59.8 Å². The number of furan rings is 1. The van der Waals surface area contributed by atoms with Crippen LogP contribution < -0.4 is 4.90 Å². The lowest BCUT2D eigenvalue weighted by molar-refractivity contribution is 0.669. The van der Waals surface area contributed by atoms with Crippen LogP contribution in [0.15, 0.2) is 150 Å². The molecule has 0 radical (unpaired) electrons. The number of fused-ring (bicyclic) bond motifs is 11. The van der Waals surface area contributed by atoms with Gasteiger partial charge < -0.3 is 9.32 Å². The van der Waals surface area contributed by atoms with E-state index in [-0.39, 0.29) is 0 Å². The van der Waals surface area contributed by atoms with Crippen molar-refractivity contribution in [2.75, 3.05) is 4.90 Å². The zero-order valence-corrected chi connectivity index (χ0v) is 28.3. The maximum Gasteiger partial charge on any atom is 0.137 e. The SMILES string of the molecule is c1ccc(-c2nc3c(ccc4oc5cc(N(c6ccc7sc8ccccc8c7c6)c6ccc7sc8ccccc8c7c6)ccc5c43)s2)cc1. The van der Waals surface area contributed by atoms with Gasteiger partial charge in [-0.25, -0.2) is 4.98 Å². The fourth-order valence-corrected chi connectivity index (χ4v) is 10.4. The molecule has 4 aromatic heterocycles. The topological polar surface area (TPSA) is 29.3 Å². The zero-order chi connectivity index (χ0) is 32.1. The maximum atomic E-state index is 6.61. The molecule has 3 nitrogen and oxygen atoms in total. The summed E-state index contributed by atoms with van der Waals surface area (Å²) in [5.41, 5.74) is 7.10. The summed E-state index contributed by atoms with van der Waals surface area (Å²) in [5.74, 6) is 0. The molecule has 4 heterocycles. The Morgan fingerprint density at radius 2 is 1.00 bits per heavy atom. The fraction of sp³-hybridized carbons (Fsp3) is 0. The normalized spacial score (nSPS) is 12.1. The Hall–Kier alpha value is -5.53. The molecule has 6 heteroatoms. The number of thiazole rings is 1. The Balaban J connectivity index is 1.13. The van der Waals surface area contributed by atoms with Crippen LogP contribution in [0.2, 0.25) is 0 Å². The van der Waals surface area contributed by atoms with E-state index in [4.69, 9.17) is 9.40 Å². The Bertz CT molecular complexity index is 2960. The molecule has 0 bridgehead atoms. The van der Waals surface area contributed by atoms with Crippen molar-refractivity contribution in [3.8, 4) is 10.6 Å². The van der Waals surface area contributed by atoms with Gasteiger partial charge in [0.2, 0.25) is 0 Å². The predicted octanol–water partition coefficient (Wildman–Crippen LogP) is 14.1. The number of rotatable bonds is 4. The highest BCUT2D eigenvalue weighted by molar-refractivity contribution is 7.26. The van der Waals surface area contributed by atoms with Gasteiger partial charge in [0, 0.05) is 74.4 Å². The van der Waals surface area contributed by atoms with Crippen LogP contribution >= 0.6 is 34.0 Å². The quantitative estimate of drug-likeness (QED) is 0.185. The largest absolute Gasteiger partial charge is 0.456 e. The van der Waals surface area contributed by atoms with Gasteiger partial charge in [0.25, 0.3) is 0 Å². The van der Waals surface area contributed by atoms with Gasteiger partial charge in [0.05, 0.1) is 15.6 Å². The van der Waals surface area contributed by atoms with Crippen LogP contribution in [0.3, 0.4) is 0 Å². The highest BCUT2D eigenvalue weighted by Gasteiger charge is 2.20. The molecule has 49 heavy (non-hydrogen) atoms. The molecule has 7 aromatic carbocycles. The van der Waals surface area contributed by atoms with Gasteiger partial charge >= 0.3 is 0 Å². The summed E-state index contributed by atoms with van der Waals surface area (Å²) < 4.78 is 13.0. The van der Waals surface area contributed by atoms with E-state index in [1.807, 2.05) is 28.7 Å². The van der Waals surface area contributed by atoms with Gasteiger partial charge in [-0.15, -0.1) is 34.0 Å². The minimum Gasteiger partial charge on any atom is -0.456 e. The monoisotopic (exact) mass is 680 g/mol. The van der Waals surface area contributed by atoms with Crippen LogP contribution in [-0.4, -0.2) is 4.98 Å². The number of benzene rings is 7. The number of nitrogens with zero attached hydrogens (tertiary/aromatic N) is 2. The molecule has 0 aliphatic rings. The minimum atomic E-state index is 0.850. The van der Waals surface area contributed by atoms with Crippen LogP contribution in [-0.2, 0) is 0 Å². The number of hydrogen-bond donors (Lipinski definition) is 0. The molecular formula is C43H24N2OS3.